The Hall–Kier alpha value is -1.49. The fraction of sp³-hybridized carbons (Fsp3) is 0.615. The maximum absolute atomic E-state index is 12.5. The lowest BCUT2D eigenvalue weighted by Crippen LogP contribution is -2.42. The quantitative estimate of drug-likeness (QED) is 0.844. The fourth-order valence-electron chi connectivity index (χ4n) is 2.54. The summed E-state index contributed by atoms with van der Waals surface area (Å²) in [7, 11) is 0. The lowest BCUT2D eigenvalue weighted by Gasteiger charge is -2.26. The molecule has 1 aromatic heterocycles. The topological polar surface area (TPSA) is 72.1 Å². The van der Waals surface area contributed by atoms with E-state index in [2.05, 4.69) is 17.1 Å². The molecule has 0 spiro atoms. The number of amides is 1. The van der Waals surface area contributed by atoms with Crippen LogP contribution in [0.2, 0.25) is 0 Å². The second-order valence-corrected chi connectivity index (χ2v) is 5.05. The minimum absolute atomic E-state index is 0.0327. The highest BCUT2D eigenvalue weighted by molar-refractivity contribution is 5.95. The van der Waals surface area contributed by atoms with Crippen LogP contribution in [0.5, 0.6) is 0 Å². The third-order valence-electron chi connectivity index (χ3n) is 3.72. The molecule has 2 atom stereocenters. The van der Waals surface area contributed by atoms with E-state index in [1.807, 2.05) is 18.7 Å². The normalized spacial score (nSPS) is 23.4. The molecule has 98 valence electrons. The Bertz CT molecular complexity index is 460. The molecule has 1 saturated heterocycles. The smallest absolute Gasteiger partial charge is 0.256 e. The lowest BCUT2D eigenvalue weighted by atomic mass is 10.0. The number of nitrogens with two attached hydrogens (primary N) is 1. The van der Waals surface area contributed by atoms with Gasteiger partial charge in [0.15, 0.2) is 0 Å². The van der Waals surface area contributed by atoms with Gasteiger partial charge in [0.1, 0.15) is 0 Å². The molecule has 2 rings (SSSR count). The summed E-state index contributed by atoms with van der Waals surface area (Å²) in [4.78, 5) is 14.4. The van der Waals surface area contributed by atoms with Crippen molar-refractivity contribution in [3.63, 3.8) is 0 Å². The van der Waals surface area contributed by atoms with Gasteiger partial charge in [-0.25, -0.2) is 0 Å². The van der Waals surface area contributed by atoms with E-state index in [9.17, 15) is 4.79 Å². The van der Waals surface area contributed by atoms with E-state index in [1.165, 1.54) is 0 Å². The van der Waals surface area contributed by atoms with Crippen LogP contribution in [0, 0.1) is 19.8 Å². The zero-order valence-electron chi connectivity index (χ0n) is 11.2. The highest BCUT2D eigenvalue weighted by Crippen LogP contribution is 2.25. The molecule has 1 amide bonds. The van der Waals surface area contributed by atoms with Gasteiger partial charge < -0.3 is 10.6 Å². The first kappa shape index (κ1) is 13.0. The average Bonchev–Trinajstić information content (AvgIpc) is 2.72. The summed E-state index contributed by atoms with van der Waals surface area (Å²) in [6.45, 7) is 7.10. The van der Waals surface area contributed by atoms with E-state index in [0.717, 1.165) is 18.7 Å². The summed E-state index contributed by atoms with van der Waals surface area (Å²) < 4.78 is 0. The van der Waals surface area contributed by atoms with Crippen molar-refractivity contribution in [2.75, 3.05) is 13.1 Å². The Balaban J connectivity index is 2.28. The van der Waals surface area contributed by atoms with Crippen LogP contribution in [0.3, 0.4) is 0 Å². The van der Waals surface area contributed by atoms with Crippen LogP contribution in [0.15, 0.2) is 6.07 Å². The largest absolute Gasteiger partial charge is 0.334 e. The fourth-order valence-corrected chi connectivity index (χ4v) is 2.54. The van der Waals surface area contributed by atoms with E-state index in [1.54, 1.807) is 6.07 Å². The maximum atomic E-state index is 12.5. The molecule has 0 saturated carbocycles. The van der Waals surface area contributed by atoms with Gasteiger partial charge in [0, 0.05) is 19.1 Å². The first-order chi connectivity index (χ1) is 8.54. The van der Waals surface area contributed by atoms with Gasteiger partial charge in [-0.15, -0.1) is 0 Å². The maximum Gasteiger partial charge on any atom is 0.256 e. The average molecular weight is 248 g/mol. The molecule has 0 bridgehead atoms. The molecule has 1 aliphatic heterocycles. The van der Waals surface area contributed by atoms with Crippen LogP contribution in [0.25, 0.3) is 0 Å². The molecule has 0 aliphatic carbocycles. The number of carbonyl (C=O) groups excluding carboxylic acids is 1. The molecular weight excluding hydrogens is 228 g/mol. The second kappa shape index (κ2) is 5.02. The van der Waals surface area contributed by atoms with Gasteiger partial charge in [-0.05, 0) is 32.3 Å². The van der Waals surface area contributed by atoms with Crippen molar-refractivity contribution in [1.82, 2.24) is 15.1 Å². The monoisotopic (exact) mass is 248 g/mol. The molecule has 1 aromatic rings. The SMILES string of the molecule is Cc1cc(C(=O)N2CCC(C)C2CN)c(C)nn1. The van der Waals surface area contributed by atoms with Crippen LogP contribution in [-0.4, -0.2) is 40.1 Å². The molecule has 0 radical (unpaired) electrons. The Morgan fingerprint density at radius 3 is 2.89 bits per heavy atom. The molecule has 5 heteroatoms. The van der Waals surface area contributed by atoms with Crippen molar-refractivity contribution in [2.45, 2.75) is 33.2 Å². The minimum Gasteiger partial charge on any atom is -0.334 e. The van der Waals surface area contributed by atoms with E-state index < -0.39 is 0 Å². The zero-order chi connectivity index (χ0) is 13.3. The molecule has 0 aromatic carbocycles. The predicted octanol–water partition coefficient (Wildman–Crippen LogP) is 0.903. The van der Waals surface area contributed by atoms with E-state index in [4.69, 9.17) is 5.73 Å². The van der Waals surface area contributed by atoms with Gasteiger partial charge in [0.25, 0.3) is 5.91 Å². The van der Waals surface area contributed by atoms with E-state index in [0.29, 0.717) is 23.7 Å². The van der Waals surface area contributed by atoms with Gasteiger partial charge in [0.2, 0.25) is 0 Å². The molecule has 2 unspecified atom stereocenters. The van der Waals surface area contributed by atoms with Gasteiger partial charge in [0.05, 0.1) is 17.0 Å². The third kappa shape index (κ3) is 2.22. The van der Waals surface area contributed by atoms with Crippen molar-refractivity contribution in [3.05, 3.63) is 23.0 Å². The van der Waals surface area contributed by atoms with Crippen molar-refractivity contribution in [3.8, 4) is 0 Å². The van der Waals surface area contributed by atoms with Gasteiger partial charge >= 0.3 is 0 Å². The lowest BCUT2D eigenvalue weighted by molar-refractivity contribution is 0.0725. The molecule has 18 heavy (non-hydrogen) atoms. The third-order valence-corrected chi connectivity index (χ3v) is 3.72. The van der Waals surface area contributed by atoms with Gasteiger partial charge in [-0.3, -0.25) is 4.79 Å². The first-order valence-corrected chi connectivity index (χ1v) is 6.36. The second-order valence-electron chi connectivity index (χ2n) is 5.05. The van der Waals surface area contributed by atoms with Crippen LogP contribution < -0.4 is 5.73 Å². The Morgan fingerprint density at radius 2 is 2.22 bits per heavy atom. The first-order valence-electron chi connectivity index (χ1n) is 6.36. The summed E-state index contributed by atoms with van der Waals surface area (Å²) in [5, 5.41) is 7.97. The van der Waals surface area contributed by atoms with Crippen molar-refractivity contribution in [1.29, 1.82) is 0 Å². The van der Waals surface area contributed by atoms with Crippen LogP contribution in [0.1, 0.15) is 35.1 Å². The number of aryl methyl sites for hydroxylation is 2. The summed E-state index contributed by atoms with van der Waals surface area (Å²) >= 11 is 0. The van der Waals surface area contributed by atoms with E-state index in [-0.39, 0.29) is 11.9 Å². The zero-order valence-corrected chi connectivity index (χ0v) is 11.2. The highest BCUT2D eigenvalue weighted by atomic mass is 16.2. The summed E-state index contributed by atoms with van der Waals surface area (Å²) in [5.74, 6) is 0.500. The number of carbonyl (C=O) groups is 1. The summed E-state index contributed by atoms with van der Waals surface area (Å²) in [5.41, 5.74) is 7.87. The molecular formula is C13H20N4O. The number of likely N-dealkylation sites (tertiary alicyclic amines) is 1. The van der Waals surface area contributed by atoms with Crippen molar-refractivity contribution >= 4 is 5.91 Å². The van der Waals surface area contributed by atoms with Crippen molar-refractivity contribution < 1.29 is 4.79 Å². The van der Waals surface area contributed by atoms with Crippen LogP contribution in [0.4, 0.5) is 0 Å². The van der Waals surface area contributed by atoms with E-state index >= 15 is 0 Å². The number of rotatable bonds is 2. The van der Waals surface area contributed by atoms with Gasteiger partial charge in [-0.2, -0.15) is 10.2 Å². The predicted molar refractivity (Wildman–Crippen MR) is 69.2 cm³/mol. The Kier molecular flexibility index (Phi) is 3.61. The van der Waals surface area contributed by atoms with Crippen LogP contribution >= 0.6 is 0 Å². The summed E-state index contributed by atoms with van der Waals surface area (Å²) in [6, 6.07) is 1.95. The highest BCUT2D eigenvalue weighted by Gasteiger charge is 2.34. The molecule has 2 N–H and O–H groups in total. The van der Waals surface area contributed by atoms with Gasteiger partial charge in [-0.1, -0.05) is 6.92 Å². The molecule has 1 aliphatic rings. The minimum atomic E-state index is 0.0327. The Morgan fingerprint density at radius 1 is 1.50 bits per heavy atom. The standard InChI is InChI=1S/C13H20N4O/c1-8-4-5-17(12(8)7-14)13(18)11-6-9(2)15-16-10(11)3/h6,8,12H,4-5,7,14H2,1-3H3. The number of aromatic nitrogens is 2. The number of hydrogen-bond acceptors (Lipinski definition) is 4. The Labute approximate surface area is 107 Å². The number of nitrogens with zero attached hydrogens (tertiary/aromatic N) is 3. The van der Waals surface area contributed by atoms with Crippen LogP contribution in [-0.2, 0) is 0 Å². The molecule has 5 nitrogen and oxygen atoms in total. The molecule has 1 fully saturated rings. The number of hydrogen-bond donors (Lipinski definition) is 1. The molecule has 2 heterocycles. The summed E-state index contributed by atoms with van der Waals surface area (Å²) in [6.07, 6.45) is 1.02. The van der Waals surface area contributed by atoms with Crippen molar-refractivity contribution in [2.24, 2.45) is 11.7 Å².